The predicted octanol–water partition coefficient (Wildman–Crippen LogP) is 2.32. The smallest absolute Gasteiger partial charge is 0.238 e. The van der Waals surface area contributed by atoms with Crippen LogP contribution in [0.3, 0.4) is 0 Å². The van der Waals surface area contributed by atoms with E-state index in [1.165, 1.54) is 19.3 Å². The molecule has 3 rings (SSSR count). The third-order valence-electron chi connectivity index (χ3n) is 5.21. The Morgan fingerprint density at radius 3 is 2.50 bits per heavy atom. The van der Waals surface area contributed by atoms with Gasteiger partial charge in [0, 0.05) is 19.7 Å². The first-order valence-corrected chi connectivity index (χ1v) is 9.23. The topological polar surface area (TPSA) is 55.8 Å². The van der Waals surface area contributed by atoms with Crippen LogP contribution in [-0.2, 0) is 4.79 Å². The second-order valence-corrected chi connectivity index (χ2v) is 7.02. The van der Waals surface area contributed by atoms with Crippen LogP contribution in [0.15, 0.2) is 24.3 Å². The van der Waals surface area contributed by atoms with Crippen LogP contribution in [-0.4, -0.2) is 55.2 Å². The van der Waals surface area contributed by atoms with Crippen LogP contribution in [0.2, 0.25) is 0 Å². The van der Waals surface area contributed by atoms with Crippen LogP contribution >= 0.6 is 0 Å². The number of carbonyl (C=O) groups excluding carboxylic acids is 1. The highest BCUT2D eigenvalue weighted by atomic mass is 16.3. The first-order chi connectivity index (χ1) is 11.8. The van der Waals surface area contributed by atoms with Crippen LogP contribution in [0, 0.1) is 5.92 Å². The molecule has 2 aliphatic heterocycles. The molecular formula is C19H29N3O2. The number of rotatable bonds is 5. The molecule has 5 heteroatoms. The van der Waals surface area contributed by atoms with Crippen molar-refractivity contribution in [2.24, 2.45) is 5.92 Å². The van der Waals surface area contributed by atoms with Crippen molar-refractivity contribution in [3.8, 4) is 0 Å². The summed E-state index contributed by atoms with van der Waals surface area (Å²) in [7, 11) is 0. The summed E-state index contributed by atoms with van der Waals surface area (Å²) in [4.78, 5) is 17.0. The van der Waals surface area contributed by atoms with E-state index in [4.69, 9.17) is 0 Å². The highest BCUT2D eigenvalue weighted by molar-refractivity contribution is 5.95. The van der Waals surface area contributed by atoms with Crippen molar-refractivity contribution < 1.29 is 9.90 Å². The van der Waals surface area contributed by atoms with E-state index >= 15 is 0 Å². The standard InChI is InChI=1S/C19H29N3O2/c23-15-16-8-12-21(13-9-16)14-19(24)20-17-6-2-3-7-18(17)22-10-4-1-5-11-22/h2-3,6-7,16,23H,1,4-5,8-15H2,(H,20,24). The molecule has 0 saturated carbocycles. The number of nitrogens with one attached hydrogen (secondary N) is 1. The van der Waals surface area contributed by atoms with E-state index in [9.17, 15) is 9.90 Å². The number of hydrogen-bond acceptors (Lipinski definition) is 4. The van der Waals surface area contributed by atoms with Gasteiger partial charge >= 0.3 is 0 Å². The Morgan fingerprint density at radius 1 is 1.08 bits per heavy atom. The quantitative estimate of drug-likeness (QED) is 0.869. The lowest BCUT2D eigenvalue weighted by Crippen LogP contribution is -2.40. The first-order valence-electron chi connectivity index (χ1n) is 9.23. The number of nitrogens with zero attached hydrogens (tertiary/aromatic N) is 2. The average Bonchev–Trinajstić information content (AvgIpc) is 2.63. The minimum absolute atomic E-state index is 0.0573. The SMILES string of the molecule is O=C(CN1CCC(CO)CC1)Nc1ccccc1N1CCCCC1. The van der Waals surface area contributed by atoms with Gasteiger partial charge in [-0.25, -0.2) is 0 Å². The second-order valence-electron chi connectivity index (χ2n) is 7.02. The molecule has 1 amide bonds. The Morgan fingerprint density at radius 2 is 1.79 bits per heavy atom. The van der Waals surface area contributed by atoms with E-state index in [2.05, 4.69) is 21.2 Å². The van der Waals surface area contributed by atoms with Gasteiger partial charge in [-0.2, -0.15) is 0 Å². The molecule has 5 nitrogen and oxygen atoms in total. The van der Waals surface area contributed by atoms with E-state index in [0.29, 0.717) is 12.5 Å². The number of carbonyl (C=O) groups is 1. The van der Waals surface area contributed by atoms with Gasteiger partial charge in [0.2, 0.25) is 5.91 Å². The largest absolute Gasteiger partial charge is 0.396 e. The predicted molar refractivity (Wildman–Crippen MR) is 97.4 cm³/mol. The number of aliphatic hydroxyl groups is 1. The van der Waals surface area contributed by atoms with Gasteiger partial charge in [-0.3, -0.25) is 9.69 Å². The molecule has 2 fully saturated rings. The zero-order valence-electron chi connectivity index (χ0n) is 14.4. The zero-order chi connectivity index (χ0) is 16.8. The van der Waals surface area contributed by atoms with Crippen LogP contribution in [0.5, 0.6) is 0 Å². The van der Waals surface area contributed by atoms with E-state index in [1.54, 1.807) is 0 Å². The van der Waals surface area contributed by atoms with Gasteiger partial charge in [0.05, 0.1) is 17.9 Å². The van der Waals surface area contributed by atoms with Gasteiger partial charge in [0.1, 0.15) is 0 Å². The van der Waals surface area contributed by atoms with Crippen molar-refractivity contribution in [3.05, 3.63) is 24.3 Å². The van der Waals surface area contributed by atoms with Crippen LogP contribution in [0.1, 0.15) is 32.1 Å². The third kappa shape index (κ3) is 4.48. The summed E-state index contributed by atoms with van der Waals surface area (Å²) in [5.74, 6) is 0.464. The van der Waals surface area contributed by atoms with Gasteiger partial charge in [-0.05, 0) is 63.2 Å². The molecule has 0 radical (unpaired) electrons. The van der Waals surface area contributed by atoms with Gasteiger partial charge in [0.15, 0.2) is 0 Å². The molecule has 0 atom stereocenters. The lowest BCUT2D eigenvalue weighted by atomic mass is 9.98. The van der Waals surface area contributed by atoms with E-state index in [-0.39, 0.29) is 12.5 Å². The summed E-state index contributed by atoms with van der Waals surface area (Å²) in [5, 5.41) is 12.3. The maximum atomic E-state index is 12.4. The Bertz CT molecular complexity index is 535. The minimum Gasteiger partial charge on any atom is -0.396 e. The highest BCUT2D eigenvalue weighted by Crippen LogP contribution is 2.28. The van der Waals surface area contributed by atoms with E-state index in [0.717, 1.165) is 50.4 Å². The molecule has 1 aromatic carbocycles. The molecule has 0 aromatic heterocycles. The zero-order valence-corrected chi connectivity index (χ0v) is 14.4. The number of para-hydroxylation sites is 2. The first kappa shape index (κ1) is 17.2. The Balaban J connectivity index is 1.56. The number of piperidine rings is 2. The van der Waals surface area contributed by atoms with E-state index < -0.39 is 0 Å². The molecule has 1 aromatic rings. The molecule has 2 N–H and O–H groups in total. The van der Waals surface area contributed by atoms with Gasteiger partial charge < -0.3 is 15.3 Å². The second kappa shape index (κ2) is 8.49. The summed E-state index contributed by atoms with van der Waals surface area (Å²) < 4.78 is 0. The maximum absolute atomic E-state index is 12.4. The van der Waals surface area contributed by atoms with Crippen molar-refractivity contribution >= 4 is 17.3 Å². The summed E-state index contributed by atoms with van der Waals surface area (Å²) in [5.41, 5.74) is 2.07. The maximum Gasteiger partial charge on any atom is 0.238 e. The van der Waals surface area contributed by atoms with Gasteiger partial charge in [0.25, 0.3) is 0 Å². The fourth-order valence-electron chi connectivity index (χ4n) is 3.71. The van der Waals surface area contributed by atoms with Crippen molar-refractivity contribution in [1.29, 1.82) is 0 Å². The lowest BCUT2D eigenvalue weighted by Gasteiger charge is -2.32. The van der Waals surface area contributed by atoms with Crippen molar-refractivity contribution in [1.82, 2.24) is 4.90 Å². The summed E-state index contributed by atoms with van der Waals surface area (Å²) in [6.07, 6.45) is 5.71. The van der Waals surface area contributed by atoms with Crippen LogP contribution in [0.4, 0.5) is 11.4 Å². The fourth-order valence-corrected chi connectivity index (χ4v) is 3.71. The van der Waals surface area contributed by atoms with Crippen LogP contribution in [0.25, 0.3) is 0 Å². The van der Waals surface area contributed by atoms with Crippen molar-refractivity contribution in [3.63, 3.8) is 0 Å². The third-order valence-corrected chi connectivity index (χ3v) is 5.21. The average molecular weight is 331 g/mol. The molecular weight excluding hydrogens is 302 g/mol. The monoisotopic (exact) mass is 331 g/mol. The number of benzene rings is 1. The van der Waals surface area contributed by atoms with Crippen LogP contribution < -0.4 is 10.2 Å². The summed E-state index contributed by atoms with van der Waals surface area (Å²) in [6.45, 7) is 4.64. The molecule has 0 aliphatic carbocycles. The molecule has 2 saturated heterocycles. The number of likely N-dealkylation sites (tertiary alicyclic amines) is 1. The normalized spacial score (nSPS) is 20.1. The molecule has 0 spiro atoms. The Labute approximate surface area is 144 Å². The van der Waals surface area contributed by atoms with Gasteiger partial charge in [-0.15, -0.1) is 0 Å². The van der Waals surface area contributed by atoms with Crippen molar-refractivity contribution in [2.75, 3.05) is 49.5 Å². The van der Waals surface area contributed by atoms with Gasteiger partial charge in [-0.1, -0.05) is 12.1 Å². The van der Waals surface area contributed by atoms with E-state index in [1.807, 2.05) is 18.2 Å². The Hall–Kier alpha value is -1.59. The molecule has 2 aliphatic rings. The lowest BCUT2D eigenvalue weighted by molar-refractivity contribution is -0.117. The fraction of sp³-hybridized carbons (Fsp3) is 0.632. The molecule has 132 valence electrons. The summed E-state index contributed by atoms with van der Waals surface area (Å²) in [6, 6.07) is 8.13. The number of hydrogen-bond donors (Lipinski definition) is 2. The number of anilines is 2. The highest BCUT2D eigenvalue weighted by Gasteiger charge is 2.21. The number of aliphatic hydroxyl groups excluding tert-OH is 1. The molecule has 0 bridgehead atoms. The molecule has 24 heavy (non-hydrogen) atoms. The molecule has 2 heterocycles. The minimum atomic E-state index is 0.0573. The molecule has 0 unspecified atom stereocenters. The van der Waals surface area contributed by atoms with Crippen molar-refractivity contribution in [2.45, 2.75) is 32.1 Å². The number of amides is 1. The Kier molecular flexibility index (Phi) is 6.10. The summed E-state index contributed by atoms with van der Waals surface area (Å²) >= 11 is 0.